The van der Waals surface area contributed by atoms with E-state index in [0.29, 0.717) is 30.4 Å². The first-order valence-corrected chi connectivity index (χ1v) is 13.0. The molecule has 0 spiro atoms. The molecule has 10 heteroatoms. The predicted octanol–water partition coefficient (Wildman–Crippen LogP) is 2.66. The molecule has 0 N–H and O–H groups in total. The number of amides is 1. The normalized spacial score (nSPS) is 19.7. The Hall–Kier alpha value is -2.72. The molecular weight excluding hydrogens is 448 g/mol. The molecule has 2 aromatic carbocycles. The molecule has 0 aromatic heterocycles. The summed E-state index contributed by atoms with van der Waals surface area (Å²) in [7, 11) is -1.74. The van der Waals surface area contributed by atoms with Crippen molar-refractivity contribution in [3.8, 4) is 5.75 Å². The van der Waals surface area contributed by atoms with Crippen LogP contribution in [0.3, 0.4) is 0 Å². The van der Waals surface area contributed by atoms with Crippen molar-refractivity contribution in [3.63, 3.8) is 0 Å². The molecule has 1 saturated heterocycles. The van der Waals surface area contributed by atoms with Crippen LogP contribution in [0.1, 0.15) is 16.8 Å². The Balaban J connectivity index is 1.29. The lowest BCUT2D eigenvalue weighted by molar-refractivity contribution is 0.0767. The summed E-state index contributed by atoms with van der Waals surface area (Å²) in [4.78, 5) is 20.2. The van der Waals surface area contributed by atoms with E-state index in [4.69, 9.17) is 4.74 Å². The number of anilines is 2. The van der Waals surface area contributed by atoms with E-state index in [2.05, 4.69) is 9.30 Å². The van der Waals surface area contributed by atoms with Gasteiger partial charge in [-0.2, -0.15) is 0 Å². The molecule has 0 bridgehead atoms. The number of methoxy groups -OCH3 is 1. The molecule has 8 nitrogen and oxygen atoms in total. The van der Waals surface area contributed by atoms with Crippen LogP contribution in [-0.2, 0) is 10.0 Å². The van der Waals surface area contributed by atoms with Crippen LogP contribution >= 0.6 is 11.8 Å². The Morgan fingerprint density at radius 1 is 1.03 bits per heavy atom. The van der Waals surface area contributed by atoms with Crippen LogP contribution in [0.15, 0.2) is 51.8 Å². The predicted molar refractivity (Wildman–Crippen MR) is 127 cm³/mol. The Morgan fingerprint density at radius 2 is 1.84 bits per heavy atom. The second-order valence-corrected chi connectivity index (χ2v) is 10.7. The van der Waals surface area contributed by atoms with Gasteiger partial charge in [0.1, 0.15) is 5.75 Å². The minimum Gasteiger partial charge on any atom is -0.497 e. The van der Waals surface area contributed by atoms with Crippen molar-refractivity contribution >= 4 is 44.2 Å². The van der Waals surface area contributed by atoms with E-state index in [-0.39, 0.29) is 11.7 Å². The highest BCUT2D eigenvalue weighted by molar-refractivity contribution is 8.15. The van der Waals surface area contributed by atoms with Crippen molar-refractivity contribution in [1.29, 1.82) is 0 Å². The Bertz CT molecular complexity index is 1180. The zero-order chi connectivity index (χ0) is 22.3. The average Bonchev–Trinajstić information content (AvgIpc) is 2.96. The maximum absolute atomic E-state index is 13.2. The molecule has 0 radical (unpaired) electrons. The number of amidine groups is 1. The van der Waals surface area contributed by atoms with Gasteiger partial charge in [0, 0.05) is 48.9 Å². The highest BCUT2D eigenvalue weighted by Gasteiger charge is 2.34. The third-order valence-corrected chi connectivity index (χ3v) is 8.25. The standard InChI is InChI=1S/C22H24N4O4S2/c1-30-18-6-4-17(5-7-18)24-9-2-10-25(12-11-24)21(27)16-3-8-19-20(15-16)31-22-23-32(28,29)14-13-26(19)22/h3-8,15H,2,9-14H2,1H3. The largest absolute Gasteiger partial charge is 0.497 e. The lowest BCUT2D eigenvalue weighted by Gasteiger charge is -2.24. The number of hydrogen-bond donors (Lipinski definition) is 0. The van der Waals surface area contributed by atoms with E-state index in [9.17, 15) is 13.2 Å². The van der Waals surface area contributed by atoms with Gasteiger partial charge >= 0.3 is 0 Å². The molecule has 3 aliphatic rings. The van der Waals surface area contributed by atoms with Crippen LogP contribution < -0.4 is 14.5 Å². The molecule has 32 heavy (non-hydrogen) atoms. The number of rotatable bonds is 3. The van der Waals surface area contributed by atoms with Crippen LogP contribution in [0.25, 0.3) is 0 Å². The number of carbonyl (C=O) groups is 1. The molecule has 5 rings (SSSR count). The summed E-state index contributed by atoms with van der Waals surface area (Å²) in [5, 5.41) is 0.473. The van der Waals surface area contributed by atoms with E-state index in [1.807, 2.05) is 52.3 Å². The zero-order valence-electron chi connectivity index (χ0n) is 17.7. The molecule has 2 aromatic rings. The van der Waals surface area contributed by atoms with Gasteiger partial charge in [0.2, 0.25) is 0 Å². The lowest BCUT2D eigenvalue weighted by Crippen LogP contribution is -2.35. The fourth-order valence-electron chi connectivity index (χ4n) is 4.22. The van der Waals surface area contributed by atoms with Crippen molar-refractivity contribution in [2.45, 2.75) is 11.3 Å². The van der Waals surface area contributed by atoms with Crippen molar-refractivity contribution in [2.75, 3.05) is 55.4 Å². The molecule has 3 heterocycles. The number of fused-ring (bicyclic) bond motifs is 3. The molecule has 1 amide bonds. The Morgan fingerprint density at radius 3 is 2.62 bits per heavy atom. The number of nitrogens with zero attached hydrogens (tertiary/aromatic N) is 4. The first-order chi connectivity index (χ1) is 15.4. The molecule has 0 aliphatic carbocycles. The second kappa shape index (κ2) is 8.32. The zero-order valence-corrected chi connectivity index (χ0v) is 19.4. The molecular formula is C22H24N4O4S2. The number of benzene rings is 2. The van der Waals surface area contributed by atoms with E-state index >= 15 is 0 Å². The third kappa shape index (κ3) is 4.04. The Labute approximate surface area is 191 Å². The number of thioether (sulfide) groups is 1. The fraction of sp³-hybridized carbons (Fsp3) is 0.364. The first-order valence-electron chi connectivity index (χ1n) is 10.5. The van der Waals surface area contributed by atoms with Gasteiger partial charge in [-0.15, -0.1) is 4.40 Å². The van der Waals surface area contributed by atoms with Crippen molar-refractivity contribution < 1.29 is 17.9 Å². The first kappa shape index (κ1) is 21.1. The third-order valence-electron chi connectivity index (χ3n) is 5.94. The summed E-state index contributed by atoms with van der Waals surface area (Å²) in [6, 6.07) is 13.6. The monoisotopic (exact) mass is 472 g/mol. The van der Waals surface area contributed by atoms with Gasteiger partial charge in [-0.1, -0.05) is 0 Å². The highest BCUT2D eigenvalue weighted by atomic mass is 32.2. The maximum Gasteiger partial charge on any atom is 0.257 e. The van der Waals surface area contributed by atoms with Crippen LogP contribution in [0, 0.1) is 0 Å². The second-order valence-electron chi connectivity index (χ2n) is 7.93. The van der Waals surface area contributed by atoms with Gasteiger partial charge < -0.3 is 19.4 Å². The van der Waals surface area contributed by atoms with E-state index in [0.717, 1.165) is 41.5 Å². The minimum atomic E-state index is -3.40. The van der Waals surface area contributed by atoms with E-state index in [1.54, 1.807) is 7.11 Å². The minimum absolute atomic E-state index is 0.00409. The van der Waals surface area contributed by atoms with Crippen LogP contribution in [-0.4, -0.2) is 70.0 Å². The molecule has 1 fully saturated rings. The van der Waals surface area contributed by atoms with Crippen LogP contribution in [0.2, 0.25) is 0 Å². The lowest BCUT2D eigenvalue weighted by atomic mass is 10.1. The van der Waals surface area contributed by atoms with Gasteiger partial charge in [-0.25, -0.2) is 8.42 Å². The SMILES string of the molecule is COc1ccc(N2CCCN(C(=O)c3ccc4c(c3)SC3=NS(=O)(=O)CCN34)CC2)cc1. The van der Waals surface area contributed by atoms with Crippen molar-refractivity contribution in [1.82, 2.24) is 4.90 Å². The van der Waals surface area contributed by atoms with Gasteiger partial charge in [0.25, 0.3) is 15.9 Å². The number of ether oxygens (including phenoxy) is 1. The fourth-order valence-corrected chi connectivity index (χ4v) is 6.51. The van der Waals surface area contributed by atoms with E-state index in [1.165, 1.54) is 11.8 Å². The Kier molecular flexibility index (Phi) is 5.50. The van der Waals surface area contributed by atoms with Crippen LogP contribution in [0.4, 0.5) is 11.4 Å². The molecule has 3 aliphatic heterocycles. The molecule has 0 saturated carbocycles. The summed E-state index contributed by atoms with van der Waals surface area (Å²) < 4.78 is 32.8. The van der Waals surface area contributed by atoms with Gasteiger partial charge in [0.15, 0.2) is 5.17 Å². The molecule has 0 unspecified atom stereocenters. The smallest absolute Gasteiger partial charge is 0.257 e. The van der Waals surface area contributed by atoms with Gasteiger partial charge in [-0.3, -0.25) is 4.79 Å². The summed E-state index contributed by atoms with van der Waals surface area (Å²) in [6.07, 6.45) is 0.889. The van der Waals surface area contributed by atoms with Gasteiger partial charge in [-0.05, 0) is 60.6 Å². The van der Waals surface area contributed by atoms with Crippen molar-refractivity contribution in [3.05, 3.63) is 48.0 Å². The summed E-state index contributed by atoms with van der Waals surface area (Å²) >= 11 is 1.31. The highest BCUT2D eigenvalue weighted by Crippen LogP contribution is 2.42. The van der Waals surface area contributed by atoms with Crippen LogP contribution in [0.5, 0.6) is 5.75 Å². The van der Waals surface area contributed by atoms with Crippen molar-refractivity contribution in [2.24, 2.45) is 4.40 Å². The summed E-state index contributed by atoms with van der Waals surface area (Å²) in [5.74, 6) is 0.842. The van der Waals surface area contributed by atoms with E-state index < -0.39 is 10.0 Å². The number of sulfonamides is 1. The number of carbonyl (C=O) groups excluding carboxylic acids is 1. The van der Waals surface area contributed by atoms with Gasteiger partial charge in [0.05, 0.1) is 18.6 Å². The topological polar surface area (TPSA) is 82.5 Å². The summed E-state index contributed by atoms with van der Waals surface area (Å²) in [6.45, 7) is 3.39. The number of hydrogen-bond acceptors (Lipinski definition) is 7. The molecule has 168 valence electrons. The average molecular weight is 473 g/mol. The summed E-state index contributed by atoms with van der Waals surface area (Å²) in [5.41, 5.74) is 2.67. The molecule has 0 atom stereocenters. The maximum atomic E-state index is 13.2. The quantitative estimate of drug-likeness (QED) is 0.679.